The lowest BCUT2D eigenvalue weighted by molar-refractivity contribution is -0.839. The maximum atomic E-state index is 12.9. The fourth-order valence-electron chi connectivity index (χ4n) is 0.781. The molecule has 86 valence electrons. The van der Waals surface area contributed by atoms with Crippen molar-refractivity contribution in [1.29, 1.82) is 0 Å². The van der Waals surface area contributed by atoms with Crippen LogP contribution in [0.25, 0.3) is 0 Å². The van der Waals surface area contributed by atoms with Gasteiger partial charge in [0.1, 0.15) is 12.4 Å². The number of halogens is 6. The second kappa shape index (κ2) is 3.72. The zero-order valence-corrected chi connectivity index (χ0v) is 6.93. The molecule has 0 radical (unpaired) electrons. The van der Waals surface area contributed by atoms with E-state index in [4.69, 9.17) is 0 Å². The molecule has 1 rings (SSSR count). The molecule has 0 saturated heterocycles. The number of hydrogen-bond acceptors (Lipinski definition) is 1. The molecule has 1 heterocycles. The Morgan fingerprint density at radius 3 is 2.20 bits per heavy atom. The molecule has 1 aromatic rings. The maximum absolute atomic E-state index is 12.9. The number of alkyl halides is 6. The fourth-order valence-corrected chi connectivity index (χ4v) is 0.781. The van der Waals surface area contributed by atoms with Gasteiger partial charge in [0.05, 0.1) is 0 Å². The Morgan fingerprint density at radius 1 is 1.20 bits per heavy atom. The highest BCUT2D eigenvalue weighted by Crippen LogP contribution is 2.28. The number of nitrogens with zero attached hydrogens (tertiary/aromatic N) is 1. The lowest BCUT2D eigenvalue weighted by Gasteiger charge is -2.18. The first kappa shape index (κ1) is 11.8. The summed E-state index contributed by atoms with van der Waals surface area (Å²) in [7, 11) is 0. The first-order valence-electron chi connectivity index (χ1n) is 3.54. The van der Waals surface area contributed by atoms with E-state index in [1.807, 2.05) is 0 Å². The van der Waals surface area contributed by atoms with Crippen molar-refractivity contribution in [1.82, 2.24) is 4.98 Å². The van der Waals surface area contributed by atoms with Crippen LogP contribution in [-0.2, 0) is 10.8 Å². The maximum Gasteiger partial charge on any atom is 0.525 e. The number of ether oxygens (including phenoxy) is 1. The topological polar surface area (TPSA) is 28.9 Å². The average Bonchev–Trinajstić information content (AvgIpc) is 2.52. The predicted octanol–water partition coefficient (Wildman–Crippen LogP) is 1.68. The average molecular weight is 235 g/mol. The molecule has 0 aliphatic heterocycles. The minimum Gasteiger partial charge on any atom is -0.250 e. The molecule has 0 aliphatic carbocycles. The SMILES string of the molecule is FC(OC(F)(F)F)C(F)(F)[n+]1cc[nH]c1. The van der Waals surface area contributed by atoms with Crippen LogP contribution < -0.4 is 4.57 Å². The molecule has 0 aliphatic rings. The van der Waals surface area contributed by atoms with Gasteiger partial charge in [-0.25, -0.2) is 9.13 Å². The summed E-state index contributed by atoms with van der Waals surface area (Å²) in [5.74, 6) is 0. The molecular weight excluding hydrogens is 230 g/mol. The van der Waals surface area contributed by atoms with Crippen molar-refractivity contribution in [2.75, 3.05) is 0 Å². The molecule has 1 atom stereocenters. The van der Waals surface area contributed by atoms with Gasteiger partial charge < -0.3 is 0 Å². The minimum atomic E-state index is -5.46. The summed E-state index contributed by atoms with van der Waals surface area (Å²) in [6, 6.07) is -4.43. The van der Waals surface area contributed by atoms with Crippen molar-refractivity contribution < 1.29 is 35.6 Å². The van der Waals surface area contributed by atoms with Crippen molar-refractivity contribution >= 4 is 0 Å². The third-order valence-corrected chi connectivity index (χ3v) is 1.40. The Morgan fingerprint density at radius 2 is 1.80 bits per heavy atom. The molecule has 0 saturated carbocycles. The molecule has 0 amide bonds. The largest absolute Gasteiger partial charge is 0.525 e. The number of aromatic amines is 1. The number of nitrogens with one attached hydrogen (secondary N) is 1. The van der Waals surface area contributed by atoms with Crippen LogP contribution in [0.5, 0.6) is 0 Å². The highest BCUT2D eigenvalue weighted by Gasteiger charge is 2.53. The van der Waals surface area contributed by atoms with Crippen LogP contribution in [0.3, 0.4) is 0 Å². The standard InChI is InChI=1S/C6H4F6N2O/c7-4(15-6(10,11)12)5(8,9)14-2-1-13-3-14/h1-4H/p+1. The molecule has 0 fully saturated rings. The molecular formula is C6H5F6N2O+. The Hall–Kier alpha value is -1.25. The Kier molecular flexibility index (Phi) is 2.93. The van der Waals surface area contributed by atoms with Crippen molar-refractivity contribution in [3.05, 3.63) is 18.7 Å². The van der Waals surface area contributed by atoms with Gasteiger partial charge in [0.15, 0.2) is 0 Å². The van der Waals surface area contributed by atoms with Crippen LogP contribution in [0, 0.1) is 0 Å². The molecule has 9 heteroatoms. The van der Waals surface area contributed by atoms with E-state index in [1.165, 1.54) is 0 Å². The van der Waals surface area contributed by atoms with E-state index in [1.54, 1.807) is 0 Å². The molecule has 15 heavy (non-hydrogen) atoms. The summed E-state index contributed by atoms with van der Waals surface area (Å²) in [6.45, 7) is 0. The van der Waals surface area contributed by atoms with Crippen LogP contribution in [-0.4, -0.2) is 17.7 Å². The molecule has 0 spiro atoms. The minimum absolute atomic E-state index is 0.0661. The van der Waals surface area contributed by atoms with Crippen molar-refractivity contribution in [2.24, 2.45) is 0 Å². The van der Waals surface area contributed by atoms with E-state index in [0.29, 0.717) is 12.5 Å². The number of imidazole rings is 1. The third-order valence-electron chi connectivity index (χ3n) is 1.40. The Balaban J connectivity index is 2.78. The molecule has 0 aromatic carbocycles. The quantitative estimate of drug-likeness (QED) is 0.626. The zero-order chi connectivity index (χ0) is 11.7. The van der Waals surface area contributed by atoms with Crippen LogP contribution in [0.2, 0.25) is 0 Å². The number of H-pyrrole nitrogens is 1. The smallest absolute Gasteiger partial charge is 0.250 e. The summed E-state index contributed by atoms with van der Waals surface area (Å²) in [4.78, 5) is 2.13. The van der Waals surface area contributed by atoms with Gasteiger partial charge in [-0.3, -0.25) is 4.98 Å². The van der Waals surface area contributed by atoms with Gasteiger partial charge >= 0.3 is 18.8 Å². The molecule has 3 nitrogen and oxygen atoms in total. The first-order chi connectivity index (χ1) is 6.73. The lowest BCUT2D eigenvalue weighted by Crippen LogP contribution is -2.56. The second-order valence-electron chi connectivity index (χ2n) is 2.49. The summed E-state index contributed by atoms with van der Waals surface area (Å²) in [6.07, 6.45) is -7.00. The zero-order valence-electron chi connectivity index (χ0n) is 6.93. The lowest BCUT2D eigenvalue weighted by atomic mass is 10.5. The van der Waals surface area contributed by atoms with Crippen LogP contribution in [0.15, 0.2) is 18.7 Å². The van der Waals surface area contributed by atoms with Gasteiger partial charge in [-0.1, -0.05) is 0 Å². The molecule has 0 bridgehead atoms. The van der Waals surface area contributed by atoms with Gasteiger partial charge in [0, 0.05) is 0 Å². The van der Waals surface area contributed by atoms with Crippen LogP contribution in [0.4, 0.5) is 26.3 Å². The summed E-state index contributed by atoms with van der Waals surface area (Å²) in [5, 5.41) is 0. The van der Waals surface area contributed by atoms with Gasteiger partial charge in [0.2, 0.25) is 6.33 Å². The highest BCUT2D eigenvalue weighted by molar-refractivity contribution is 4.60. The van der Waals surface area contributed by atoms with Crippen molar-refractivity contribution in [2.45, 2.75) is 18.8 Å². The summed E-state index contributed by atoms with van der Waals surface area (Å²) >= 11 is 0. The number of rotatable bonds is 3. The fraction of sp³-hybridized carbons (Fsp3) is 0.500. The molecule has 1 unspecified atom stereocenters. The molecule has 1 aromatic heterocycles. The van der Waals surface area contributed by atoms with E-state index < -0.39 is 18.8 Å². The van der Waals surface area contributed by atoms with E-state index in [2.05, 4.69) is 9.72 Å². The van der Waals surface area contributed by atoms with E-state index in [-0.39, 0.29) is 4.57 Å². The monoisotopic (exact) mass is 235 g/mol. The van der Waals surface area contributed by atoms with E-state index in [0.717, 1.165) is 6.20 Å². The number of hydrogen-bond donors (Lipinski definition) is 1. The van der Waals surface area contributed by atoms with E-state index in [9.17, 15) is 26.3 Å². The van der Waals surface area contributed by atoms with Gasteiger partial charge in [-0.05, 0) is 0 Å². The first-order valence-corrected chi connectivity index (χ1v) is 3.54. The third kappa shape index (κ3) is 2.85. The van der Waals surface area contributed by atoms with Gasteiger partial charge in [-0.15, -0.1) is 13.2 Å². The van der Waals surface area contributed by atoms with Crippen LogP contribution in [0.1, 0.15) is 0 Å². The normalized spacial score (nSPS) is 15.3. The Bertz CT molecular complexity index is 308. The molecule has 1 N–H and O–H groups in total. The summed E-state index contributed by atoms with van der Waals surface area (Å²) < 4.78 is 75.1. The van der Waals surface area contributed by atoms with Gasteiger partial charge in [0.25, 0.3) is 0 Å². The van der Waals surface area contributed by atoms with Crippen LogP contribution >= 0.6 is 0 Å². The summed E-state index contributed by atoms with van der Waals surface area (Å²) in [5.41, 5.74) is 0. The van der Waals surface area contributed by atoms with E-state index >= 15 is 0 Å². The second-order valence-corrected chi connectivity index (χ2v) is 2.49. The Labute approximate surface area is 79.3 Å². The highest BCUT2D eigenvalue weighted by atomic mass is 19.4. The van der Waals surface area contributed by atoms with Crippen molar-refractivity contribution in [3.8, 4) is 0 Å². The van der Waals surface area contributed by atoms with Crippen molar-refractivity contribution in [3.63, 3.8) is 0 Å². The number of aromatic nitrogens is 2. The predicted molar refractivity (Wildman–Crippen MR) is 33.2 cm³/mol. The van der Waals surface area contributed by atoms with Gasteiger partial charge in [-0.2, -0.15) is 13.3 Å².